The van der Waals surface area contributed by atoms with E-state index in [0.717, 1.165) is 17.7 Å². The van der Waals surface area contributed by atoms with Crippen molar-refractivity contribution < 1.29 is 24.3 Å². The van der Waals surface area contributed by atoms with Gasteiger partial charge in [-0.25, -0.2) is 9.59 Å². The van der Waals surface area contributed by atoms with Crippen LogP contribution < -0.4 is 10.6 Å². The third-order valence-corrected chi connectivity index (χ3v) is 4.25. The van der Waals surface area contributed by atoms with E-state index in [1.54, 1.807) is 13.8 Å². The molecule has 1 heterocycles. The molecule has 0 aromatic carbocycles. The quantitative estimate of drug-likeness (QED) is 0.622. The van der Waals surface area contributed by atoms with Crippen molar-refractivity contribution in [3.63, 3.8) is 0 Å². The van der Waals surface area contributed by atoms with Crippen LogP contribution in [-0.4, -0.2) is 51.9 Å². The van der Waals surface area contributed by atoms with E-state index in [-0.39, 0.29) is 11.8 Å². The molecule has 3 N–H and O–H groups in total. The minimum atomic E-state index is -1.15. The Labute approximate surface area is 128 Å². The van der Waals surface area contributed by atoms with Crippen LogP contribution >= 0.6 is 0 Å². The summed E-state index contributed by atoms with van der Waals surface area (Å²) in [4.78, 5) is 48.2. The maximum Gasteiger partial charge on any atom is 0.326 e. The van der Waals surface area contributed by atoms with Crippen molar-refractivity contribution in [1.82, 2.24) is 15.5 Å². The van der Waals surface area contributed by atoms with Crippen LogP contribution in [-0.2, 0) is 14.4 Å². The van der Waals surface area contributed by atoms with Gasteiger partial charge >= 0.3 is 12.0 Å². The van der Waals surface area contributed by atoms with Crippen LogP contribution in [0.4, 0.5) is 4.79 Å². The van der Waals surface area contributed by atoms with Crippen LogP contribution in [0.25, 0.3) is 0 Å². The molecule has 2 aliphatic rings. The van der Waals surface area contributed by atoms with Gasteiger partial charge in [0.1, 0.15) is 18.1 Å². The molecule has 8 heteroatoms. The zero-order valence-corrected chi connectivity index (χ0v) is 12.7. The molecule has 1 saturated carbocycles. The van der Waals surface area contributed by atoms with E-state index in [0.29, 0.717) is 12.8 Å². The first-order valence-corrected chi connectivity index (χ1v) is 7.43. The Morgan fingerprint density at radius 2 is 1.91 bits per heavy atom. The maximum atomic E-state index is 12.4. The van der Waals surface area contributed by atoms with E-state index in [2.05, 4.69) is 10.6 Å². The van der Waals surface area contributed by atoms with Gasteiger partial charge in [-0.1, -0.05) is 26.7 Å². The first-order chi connectivity index (χ1) is 10.3. The molecule has 8 nitrogen and oxygen atoms in total. The molecule has 1 atom stereocenters. The van der Waals surface area contributed by atoms with Crippen molar-refractivity contribution in [2.24, 2.45) is 5.92 Å². The zero-order chi connectivity index (χ0) is 16.5. The number of carboxylic acids is 1. The largest absolute Gasteiger partial charge is 0.480 e. The highest BCUT2D eigenvalue weighted by molar-refractivity contribution is 6.09. The van der Waals surface area contributed by atoms with Crippen LogP contribution in [0.1, 0.15) is 39.5 Å². The van der Waals surface area contributed by atoms with Crippen molar-refractivity contribution in [3.8, 4) is 0 Å². The van der Waals surface area contributed by atoms with E-state index >= 15 is 0 Å². The van der Waals surface area contributed by atoms with Gasteiger partial charge in [0.15, 0.2) is 0 Å². The molecule has 1 spiro atoms. The number of aliphatic carboxylic acids is 1. The van der Waals surface area contributed by atoms with Crippen LogP contribution in [0.15, 0.2) is 0 Å². The molecule has 2 fully saturated rings. The van der Waals surface area contributed by atoms with Crippen molar-refractivity contribution in [1.29, 1.82) is 0 Å². The van der Waals surface area contributed by atoms with Crippen LogP contribution in [0, 0.1) is 5.92 Å². The predicted octanol–water partition coefficient (Wildman–Crippen LogP) is 0.0764. The molecular formula is C14H21N3O5. The molecule has 0 unspecified atom stereocenters. The Hall–Kier alpha value is -2.12. The summed E-state index contributed by atoms with van der Waals surface area (Å²) in [6.07, 6.45) is 2.89. The van der Waals surface area contributed by atoms with E-state index < -0.39 is 36.0 Å². The average Bonchev–Trinajstić information content (AvgIpc) is 2.97. The van der Waals surface area contributed by atoms with Crippen molar-refractivity contribution in [2.75, 3.05) is 6.54 Å². The number of nitrogens with one attached hydrogen (secondary N) is 2. The first-order valence-electron chi connectivity index (χ1n) is 7.43. The topological polar surface area (TPSA) is 116 Å². The first kappa shape index (κ1) is 16.3. The Bertz CT molecular complexity index is 511. The highest BCUT2D eigenvalue weighted by Gasteiger charge is 2.52. The molecule has 4 amide bonds. The maximum absolute atomic E-state index is 12.4. The lowest BCUT2D eigenvalue weighted by molar-refractivity contribution is -0.143. The number of imide groups is 1. The van der Waals surface area contributed by atoms with Crippen LogP contribution in [0.3, 0.4) is 0 Å². The molecule has 0 aromatic rings. The number of carbonyl (C=O) groups is 4. The third-order valence-electron chi connectivity index (χ3n) is 4.25. The van der Waals surface area contributed by atoms with Crippen LogP contribution in [0.2, 0.25) is 0 Å². The number of rotatable bonds is 5. The van der Waals surface area contributed by atoms with Gasteiger partial charge in [0.25, 0.3) is 5.91 Å². The SMILES string of the molecule is CC(C)[C@H](NC(=O)CN1C(=O)NC2(CCCC2)C1=O)C(=O)O. The number of hydrogen-bond donors (Lipinski definition) is 3. The highest BCUT2D eigenvalue weighted by atomic mass is 16.4. The molecule has 1 aliphatic carbocycles. The summed E-state index contributed by atoms with van der Waals surface area (Å²) < 4.78 is 0. The monoisotopic (exact) mass is 311 g/mol. The minimum absolute atomic E-state index is 0.300. The summed E-state index contributed by atoms with van der Waals surface area (Å²) >= 11 is 0. The summed E-state index contributed by atoms with van der Waals surface area (Å²) in [7, 11) is 0. The Kier molecular flexibility index (Phi) is 4.39. The molecule has 0 bridgehead atoms. The Morgan fingerprint density at radius 3 is 2.41 bits per heavy atom. The molecule has 0 aromatic heterocycles. The van der Waals surface area contributed by atoms with Crippen molar-refractivity contribution in [3.05, 3.63) is 0 Å². The van der Waals surface area contributed by atoms with Crippen molar-refractivity contribution >= 4 is 23.8 Å². The van der Waals surface area contributed by atoms with Gasteiger partial charge in [-0.3, -0.25) is 14.5 Å². The fourth-order valence-electron chi connectivity index (χ4n) is 3.01. The number of nitrogens with zero attached hydrogens (tertiary/aromatic N) is 1. The summed E-state index contributed by atoms with van der Waals surface area (Å²) in [6, 6.07) is -1.63. The predicted molar refractivity (Wildman–Crippen MR) is 75.8 cm³/mol. The number of urea groups is 1. The van der Waals surface area contributed by atoms with Gasteiger partial charge in [0, 0.05) is 0 Å². The number of hydrogen-bond acceptors (Lipinski definition) is 4. The van der Waals surface area contributed by atoms with Gasteiger partial charge < -0.3 is 15.7 Å². The van der Waals surface area contributed by atoms with E-state index in [4.69, 9.17) is 5.11 Å². The second kappa shape index (κ2) is 5.94. The number of amides is 4. The third kappa shape index (κ3) is 2.90. The lowest BCUT2D eigenvalue weighted by atomic mass is 9.98. The smallest absolute Gasteiger partial charge is 0.326 e. The van der Waals surface area contributed by atoms with E-state index in [1.807, 2.05) is 0 Å². The second-order valence-electron chi connectivity index (χ2n) is 6.24. The molecule has 122 valence electrons. The highest BCUT2D eigenvalue weighted by Crippen LogP contribution is 2.34. The fraction of sp³-hybridized carbons (Fsp3) is 0.714. The summed E-state index contributed by atoms with van der Waals surface area (Å²) in [5.41, 5.74) is -0.860. The zero-order valence-electron chi connectivity index (χ0n) is 12.7. The van der Waals surface area contributed by atoms with Gasteiger partial charge in [-0.15, -0.1) is 0 Å². The summed E-state index contributed by atoms with van der Waals surface area (Å²) in [6.45, 7) is 2.88. The van der Waals surface area contributed by atoms with Gasteiger partial charge in [-0.2, -0.15) is 0 Å². The molecular weight excluding hydrogens is 290 g/mol. The average molecular weight is 311 g/mol. The fourth-order valence-corrected chi connectivity index (χ4v) is 3.01. The minimum Gasteiger partial charge on any atom is -0.480 e. The summed E-state index contributed by atoms with van der Waals surface area (Å²) in [5, 5.41) is 14.1. The molecule has 22 heavy (non-hydrogen) atoms. The van der Waals surface area contributed by atoms with E-state index in [9.17, 15) is 19.2 Å². The molecule has 0 radical (unpaired) electrons. The lowest BCUT2D eigenvalue weighted by Gasteiger charge is -2.21. The standard InChI is InChI=1S/C14H21N3O5/c1-8(2)10(11(19)20)15-9(18)7-17-12(21)14(16-13(17)22)5-3-4-6-14/h8,10H,3-7H2,1-2H3,(H,15,18)(H,16,22)(H,19,20)/t10-/m0/s1. The van der Waals surface area contributed by atoms with Crippen molar-refractivity contribution in [2.45, 2.75) is 51.1 Å². The van der Waals surface area contributed by atoms with Gasteiger partial charge in [0.2, 0.25) is 5.91 Å². The molecule has 1 saturated heterocycles. The molecule has 2 rings (SSSR count). The van der Waals surface area contributed by atoms with E-state index in [1.165, 1.54) is 0 Å². The number of carboxylic acid groups (broad SMARTS) is 1. The summed E-state index contributed by atoms with van der Waals surface area (Å²) in [5.74, 6) is -2.49. The lowest BCUT2D eigenvalue weighted by Crippen LogP contribution is -2.49. The van der Waals surface area contributed by atoms with Gasteiger partial charge in [-0.05, 0) is 18.8 Å². The van der Waals surface area contributed by atoms with Crippen LogP contribution in [0.5, 0.6) is 0 Å². The Balaban J connectivity index is 2.01. The normalized spacial score (nSPS) is 21.3. The number of carbonyl (C=O) groups excluding carboxylic acids is 3. The van der Waals surface area contributed by atoms with Gasteiger partial charge in [0.05, 0.1) is 0 Å². The second-order valence-corrected chi connectivity index (χ2v) is 6.24. The Morgan fingerprint density at radius 1 is 1.32 bits per heavy atom. The molecule has 1 aliphatic heterocycles.